The number of nitrogens with zero attached hydrogens (tertiary/aromatic N) is 3. The first-order valence-corrected chi connectivity index (χ1v) is 9.11. The van der Waals surface area contributed by atoms with Gasteiger partial charge in [-0.05, 0) is 38.8 Å². The number of aryl methyl sites for hydroxylation is 2. The Labute approximate surface area is 127 Å². The third-order valence-corrected chi connectivity index (χ3v) is 4.34. The summed E-state index contributed by atoms with van der Waals surface area (Å²) in [5.74, 6) is 0.134. The first-order valence-electron chi connectivity index (χ1n) is 7.46. The maximum absolute atomic E-state index is 11.9. The van der Waals surface area contributed by atoms with Gasteiger partial charge in [0.2, 0.25) is 10.0 Å². The Balaban J connectivity index is 2.58. The van der Waals surface area contributed by atoms with Crippen LogP contribution in [0.25, 0.3) is 0 Å². The highest BCUT2D eigenvalue weighted by Crippen LogP contribution is 2.08. The summed E-state index contributed by atoms with van der Waals surface area (Å²) in [4.78, 5) is 4.23. The molecule has 0 radical (unpaired) electrons. The Morgan fingerprint density at radius 3 is 2.33 bits per heavy atom. The Morgan fingerprint density at radius 1 is 1.00 bits per heavy atom. The van der Waals surface area contributed by atoms with Gasteiger partial charge in [0.25, 0.3) is 5.95 Å². The molecule has 0 aliphatic carbocycles. The topological polar surface area (TPSA) is 96.9 Å². The van der Waals surface area contributed by atoms with E-state index in [1.54, 1.807) is 0 Å². The van der Waals surface area contributed by atoms with E-state index in [0.29, 0.717) is 12.8 Å². The quantitative estimate of drug-likeness (QED) is 0.628. The molecule has 0 aromatic carbocycles. The lowest BCUT2D eigenvalue weighted by atomic mass is 10.2. The molecule has 1 rings (SSSR count). The summed E-state index contributed by atoms with van der Waals surface area (Å²) < 4.78 is 26.3. The van der Waals surface area contributed by atoms with Crippen LogP contribution >= 0.6 is 0 Å². The number of hydrogen-bond donors (Lipinski definition) is 2. The lowest BCUT2D eigenvalue weighted by Crippen LogP contribution is -2.21. The van der Waals surface area contributed by atoms with Gasteiger partial charge in [-0.15, -0.1) is 10.2 Å². The van der Waals surface area contributed by atoms with Crippen LogP contribution in [0.15, 0.2) is 0 Å². The fourth-order valence-electron chi connectivity index (χ4n) is 1.89. The fraction of sp³-hybridized carbons (Fsp3) is 0.769. The molecular formula is C13H25N5O2S. The van der Waals surface area contributed by atoms with Crippen molar-refractivity contribution in [2.45, 2.75) is 46.5 Å². The minimum absolute atomic E-state index is 0.0655. The van der Waals surface area contributed by atoms with Gasteiger partial charge in [0.1, 0.15) is 0 Å². The van der Waals surface area contributed by atoms with E-state index in [1.807, 2.05) is 20.8 Å². The monoisotopic (exact) mass is 315 g/mol. The van der Waals surface area contributed by atoms with Gasteiger partial charge in [0, 0.05) is 0 Å². The van der Waals surface area contributed by atoms with Gasteiger partial charge in [-0.1, -0.05) is 20.8 Å². The zero-order chi connectivity index (χ0) is 15.7. The number of rotatable bonds is 10. The Bertz CT molecular complexity index is 533. The number of aromatic nitrogens is 3. The lowest BCUT2D eigenvalue weighted by molar-refractivity contribution is 0.592. The molecule has 0 amide bonds. The second-order valence-electron chi connectivity index (χ2n) is 4.72. The number of sulfonamides is 1. The molecule has 120 valence electrons. The highest BCUT2D eigenvalue weighted by Gasteiger charge is 2.14. The van der Waals surface area contributed by atoms with Crippen molar-refractivity contribution >= 4 is 16.0 Å². The second kappa shape index (κ2) is 8.89. The van der Waals surface area contributed by atoms with Crippen LogP contribution in [-0.4, -0.2) is 42.4 Å². The van der Waals surface area contributed by atoms with Gasteiger partial charge < -0.3 is 5.32 Å². The zero-order valence-electron chi connectivity index (χ0n) is 13.0. The van der Waals surface area contributed by atoms with Crippen LogP contribution in [0.1, 0.15) is 45.0 Å². The predicted octanol–water partition coefficient (Wildman–Crippen LogP) is 1.13. The van der Waals surface area contributed by atoms with E-state index < -0.39 is 10.0 Å². The van der Waals surface area contributed by atoms with Crippen LogP contribution in [0.5, 0.6) is 0 Å². The van der Waals surface area contributed by atoms with E-state index in [4.69, 9.17) is 0 Å². The first-order chi connectivity index (χ1) is 10.0. The van der Waals surface area contributed by atoms with Crippen molar-refractivity contribution in [2.75, 3.05) is 23.6 Å². The van der Waals surface area contributed by atoms with Crippen molar-refractivity contribution in [1.29, 1.82) is 0 Å². The van der Waals surface area contributed by atoms with Crippen molar-refractivity contribution in [3.63, 3.8) is 0 Å². The number of hydrogen-bond acceptors (Lipinski definition) is 6. The van der Waals surface area contributed by atoms with Crippen LogP contribution in [-0.2, 0) is 22.9 Å². The second-order valence-corrected chi connectivity index (χ2v) is 6.56. The van der Waals surface area contributed by atoms with Crippen LogP contribution in [0.3, 0.4) is 0 Å². The molecule has 21 heavy (non-hydrogen) atoms. The summed E-state index contributed by atoms with van der Waals surface area (Å²) in [6.45, 7) is 7.68. The van der Waals surface area contributed by atoms with E-state index in [9.17, 15) is 8.42 Å². The minimum atomic E-state index is -3.41. The third kappa shape index (κ3) is 6.34. The van der Waals surface area contributed by atoms with Gasteiger partial charge in [-0.25, -0.2) is 18.1 Å². The molecule has 0 fully saturated rings. The van der Waals surface area contributed by atoms with Gasteiger partial charge in [0.05, 0.1) is 17.1 Å². The molecule has 0 aliphatic rings. The van der Waals surface area contributed by atoms with E-state index in [-0.39, 0.29) is 11.7 Å². The normalized spacial score (nSPS) is 11.6. The summed E-state index contributed by atoms with van der Waals surface area (Å²) in [5.41, 5.74) is 1.60. The van der Waals surface area contributed by atoms with Crippen molar-refractivity contribution in [2.24, 2.45) is 0 Å². The van der Waals surface area contributed by atoms with Crippen LogP contribution < -0.4 is 10.0 Å². The molecular weight excluding hydrogens is 290 g/mol. The summed E-state index contributed by atoms with van der Waals surface area (Å²) in [7, 11) is -3.41. The van der Waals surface area contributed by atoms with Crippen molar-refractivity contribution in [1.82, 2.24) is 20.5 Å². The molecule has 1 aromatic rings. The van der Waals surface area contributed by atoms with Crippen LogP contribution in [0, 0.1) is 0 Å². The molecule has 2 N–H and O–H groups in total. The average molecular weight is 315 g/mol. The highest BCUT2D eigenvalue weighted by atomic mass is 32.2. The molecule has 0 unspecified atom stereocenters. The van der Waals surface area contributed by atoms with E-state index in [1.165, 1.54) is 0 Å². The van der Waals surface area contributed by atoms with Crippen molar-refractivity contribution in [3.8, 4) is 0 Å². The van der Waals surface area contributed by atoms with Gasteiger partial charge in [-0.2, -0.15) is 0 Å². The van der Waals surface area contributed by atoms with E-state index in [2.05, 4.69) is 25.2 Å². The standard InChI is InChI=1S/C13H25N5O2S/c1-4-11-12(5-2)16-17-13(15-11)18-21(19,20)10-8-7-9-14-6-3/h14H,4-10H2,1-3H3,(H,15,17,18). The fourth-order valence-corrected chi connectivity index (χ4v) is 2.94. The molecule has 1 aromatic heterocycles. The molecule has 0 spiro atoms. The smallest absolute Gasteiger partial charge is 0.256 e. The molecule has 0 saturated heterocycles. The Morgan fingerprint density at radius 2 is 1.71 bits per heavy atom. The van der Waals surface area contributed by atoms with E-state index >= 15 is 0 Å². The molecule has 8 heteroatoms. The molecule has 0 bridgehead atoms. The van der Waals surface area contributed by atoms with Crippen LogP contribution in [0.4, 0.5) is 5.95 Å². The number of nitrogens with one attached hydrogen (secondary N) is 2. The van der Waals surface area contributed by atoms with Crippen molar-refractivity contribution in [3.05, 3.63) is 11.4 Å². The third-order valence-electron chi connectivity index (χ3n) is 3.02. The molecule has 7 nitrogen and oxygen atoms in total. The summed E-state index contributed by atoms with van der Waals surface area (Å²) in [6.07, 6.45) is 2.86. The molecule has 0 aliphatic heterocycles. The largest absolute Gasteiger partial charge is 0.317 e. The van der Waals surface area contributed by atoms with E-state index in [0.717, 1.165) is 37.3 Å². The Kier molecular flexibility index (Phi) is 7.52. The predicted molar refractivity (Wildman–Crippen MR) is 83.8 cm³/mol. The summed E-state index contributed by atoms with van der Waals surface area (Å²) in [5, 5.41) is 11.0. The SMILES string of the molecule is CCNCCCCS(=O)(=O)Nc1nnc(CC)c(CC)n1. The van der Waals surface area contributed by atoms with Gasteiger partial charge in [0.15, 0.2) is 0 Å². The summed E-state index contributed by atoms with van der Waals surface area (Å²) >= 11 is 0. The minimum Gasteiger partial charge on any atom is -0.317 e. The maximum Gasteiger partial charge on any atom is 0.256 e. The number of unbranched alkanes of at least 4 members (excludes halogenated alkanes) is 1. The zero-order valence-corrected chi connectivity index (χ0v) is 13.8. The maximum atomic E-state index is 11.9. The molecule has 0 saturated carbocycles. The van der Waals surface area contributed by atoms with Gasteiger partial charge in [-0.3, -0.25) is 0 Å². The molecule has 1 heterocycles. The van der Waals surface area contributed by atoms with Crippen LogP contribution in [0.2, 0.25) is 0 Å². The lowest BCUT2D eigenvalue weighted by Gasteiger charge is -2.08. The Hall–Kier alpha value is -1.28. The van der Waals surface area contributed by atoms with Gasteiger partial charge >= 0.3 is 0 Å². The van der Waals surface area contributed by atoms with Crippen molar-refractivity contribution < 1.29 is 8.42 Å². The number of anilines is 1. The molecule has 0 atom stereocenters. The summed E-state index contributed by atoms with van der Waals surface area (Å²) in [6, 6.07) is 0. The average Bonchev–Trinajstić information content (AvgIpc) is 2.46. The highest BCUT2D eigenvalue weighted by molar-refractivity contribution is 7.92. The first kappa shape index (κ1) is 17.8.